The van der Waals surface area contributed by atoms with E-state index in [4.69, 9.17) is 5.11 Å². The summed E-state index contributed by atoms with van der Waals surface area (Å²) in [6.45, 7) is 2.53. The van der Waals surface area contributed by atoms with Crippen molar-refractivity contribution in [3.05, 3.63) is 41.9 Å². The average Bonchev–Trinajstić information content (AvgIpc) is 2.15. The summed E-state index contributed by atoms with van der Waals surface area (Å²) in [7, 11) is 1.81. The van der Waals surface area contributed by atoms with Crippen molar-refractivity contribution in [2.75, 3.05) is 7.05 Å². The lowest BCUT2D eigenvalue weighted by molar-refractivity contribution is -0.131. The lowest BCUT2D eigenvalue weighted by Gasteiger charge is -2.12. The highest BCUT2D eigenvalue weighted by Crippen LogP contribution is 2.01. The van der Waals surface area contributed by atoms with Crippen LogP contribution in [0, 0.1) is 6.92 Å². The quantitative estimate of drug-likeness (QED) is 0.757. The normalized spacial score (nSPS) is 10.5. The second kappa shape index (κ2) is 5.14. The summed E-state index contributed by atoms with van der Waals surface area (Å²) in [5, 5.41) is 8.44. The lowest BCUT2D eigenvalue weighted by Crippen LogP contribution is -2.12. The second-order valence-electron chi connectivity index (χ2n) is 3.34. The molecule has 1 rings (SSSR count). The molecule has 0 bridgehead atoms. The molecule has 0 aliphatic heterocycles. The zero-order chi connectivity index (χ0) is 11.3. The summed E-state index contributed by atoms with van der Waals surface area (Å²) >= 11 is 0. The van der Waals surface area contributed by atoms with Gasteiger partial charge in [0.05, 0.1) is 12.2 Å². The number of carboxylic acid groups (broad SMARTS) is 1. The topological polar surface area (TPSA) is 53.4 Å². The predicted molar refractivity (Wildman–Crippen MR) is 57.2 cm³/mol. The van der Waals surface area contributed by atoms with Gasteiger partial charge in [0.15, 0.2) is 0 Å². The molecule has 0 aliphatic rings. The van der Waals surface area contributed by atoms with Gasteiger partial charge >= 0.3 is 5.97 Å². The minimum atomic E-state index is -0.945. The molecule has 0 spiro atoms. The van der Waals surface area contributed by atoms with Gasteiger partial charge in [-0.05, 0) is 19.1 Å². The molecule has 0 radical (unpaired) electrons. The van der Waals surface area contributed by atoms with Crippen molar-refractivity contribution in [2.45, 2.75) is 13.5 Å². The average molecular weight is 206 g/mol. The molecule has 0 unspecified atom stereocenters. The zero-order valence-electron chi connectivity index (χ0n) is 8.84. The van der Waals surface area contributed by atoms with Crippen LogP contribution in [-0.4, -0.2) is 28.0 Å². The van der Waals surface area contributed by atoms with Crippen LogP contribution in [0.4, 0.5) is 0 Å². The van der Waals surface area contributed by atoms with Crippen LogP contribution in [0.15, 0.2) is 30.5 Å². The Kier molecular flexibility index (Phi) is 3.85. The van der Waals surface area contributed by atoms with E-state index >= 15 is 0 Å². The molecule has 80 valence electrons. The highest BCUT2D eigenvalue weighted by molar-refractivity contribution is 5.79. The molecule has 15 heavy (non-hydrogen) atoms. The predicted octanol–water partition coefficient (Wildman–Crippen LogP) is 1.42. The molecule has 1 heterocycles. The molecule has 4 nitrogen and oxygen atoms in total. The standard InChI is InChI=1S/C11H14N2O2/c1-9-4-3-5-10(12-9)8-13(2)7-6-11(14)15/h3-7H,8H2,1-2H3,(H,14,15). The number of aryl methyl sites for hydroxylation is 1. The third-order valence-electron chi connectivity index (χ3n) is 1.83. The van der Waals surface area contributed by atoms with Gasteiger partial charge in [-0.25, -0.2) is 4.79 Å². The number of pyridine rings is 1. The molecule has 1 N–H and O–H groups in total. The maximum atomic E-state index is 10.3. The van der Waals surface area contributed by atoms with Gasteiger partial charge in [-0.15, -0.1) is 0 Å². The van der Waals surface area contributed by atoms with Crippen LogP contribution in [0.1, 0.15) is 11.4 Å². The molecule has 4 heteroatoms. The molecule has 0 amide bonds. The number of carbonyl (C=O) groups is 1. The van der Waals surface area contributed by atoms with Crippen LogP contribution < -0.4 is 0 Å². The first kappa shape index (κ1) is 11.2. The number of aliphatic carboxylic acids is 1. The zero-order valence-corrected chi connectivity index (χ0v) is 8.84. The van der Waals surface area contributed by atoms with Crippen molar-refractivity contribution in [1.82, 2.24) is 9.88 Å². The van der Waals surface area contributed by atoms with Gasteiger partial charge in [0.2, 0.25) is 0 Å². The summed E-state index contributed by atoms with van der Waals surface area (Å²) < 4.78 is 0. The Morgan fingerprint density at radius 3 is 2.93 bits per heavy atom. The van der Waals surface area contributed by atoms with Crippen molar-refractivity contribution >= 4 is 5.97 Å². The molecule has 0 fully saturated rings. The Labute approximate surface area is 88.9 Å². The van der Waals surface area contributed by atoms with E-state index in [2.05, 4.69) is 4.98 Å². The van der Waals surface area contributed by atoms with Crippen LogP contribution >= 0.6 is 0 Å². The smallest absolute Gasteiger partial charge is 0.329 e. The van der Waals surface area contributed by atoms with E-state index in [1.807, 2.05) is 32.2 Å². The number of rotatable bonds is 4. The minimum absolute atomic E-state index is 0.603. The van der Waals surface area contributed by atoms with Gasteiger partial charge in [0.25, 0.3) is 0 Å². The minimum Gasteiger partial charge on any atom is -0.478 e. The Bertz CT molecular complexity index is 375. The Hall–Kier alpha value is -1.84. The number of hydrogen-bond donors (Lipinski definition) is 1. The maximum absolute atomic E-state index is 10.3. The van der Waals surface area contributed by atoms with E-state index < -0.39 is 5.97 Å². The van der Waals surface area contributed by atoms with Crippen molar-refractivity contribution in [3.63, 3.8) is 0 Å². The Morgan fingerprint density at radius 2 is 2.33 bits per heavy atom. The van der Waals surface area contributed by atoms with Crippen LogP contribution in [0.5, 0.6) is 0 Å². The van der Waals surface area contributed by atoms with Crippen LogP contribution in [0.2, 0.25) is 0 Å². The summed E-state index contributed by atoms with van der Waals surface area (Å²) in [5.41, 5.74) is 1.88. The largest absolute Gasteiger partial charge is 0.478 e. The third-order valence-corrected chi connectivity index (χ3v) is 1.83. The second-order valence-corrected chi connectivity index (χ2v) is 3.34. The third kappa shape index (κ3) is 4.26. The summed E-state index contributed by atoms with van der Waals surface area (Å²) in [5.74, 6) is -0.945. The first-order chi connectivity index (χ1) is 7.08. The van der Waals surface area contributed by atoms with Crippen molar-refractivity contribution in [3.8, 4) is 0 Å². The highest BCUT2D eigenvalue weighted by Gasteiger charge is 1.97. The van der Waals surface area contributed by atoms with Gasteiger partial charge in [0, 0.05) is 25.0 Å². The summed E-state index contributed by atoms with van der Waals surface area (Å²) in [6, 6.07) is 5.78. The number of hydrogen-bond acceptors (Lipinski definition) is 3. The fraction of sp³-hybridized carbons (Fsp3) is 0.273. The molecule has 0 atom stereocenters. The molecule has 0 saturated carbocycles. The SMILES string of the molecule is Cc1cccc(CN(C)C=CC(=O)O)n1. The molecular formula is C11H14N2O2. The fourth-order valence-electron chi connectivity index (χ4n) is 1.19. The van der Waals surface area contributed by atoms with E-state index in [0.29, 0.717) is 6.54 Å². The Morgan fingerprint density at radius 1 is 1.60 bits per heavy atom. The monoisotopic (exact) mass is 206 g/mol. The summed E-state index contributed by atoms with van der Waals surface area (Å²) in [6.07, 6.45) is 2.63. The number of carboxylic acids is 1. The van der Waals surface area contributed by atoms with Gasteiger partial charge in [-0.2, -0.15) is 0 Å². The summed E-state index contributed by atoms with van der Waals surface area (Å²) in [4.78, 5) is 16.4. The van der Waals surface area contributed by atoms with Crippen LogP contribution in [0.3, 0.4) is 0 Å². The van der Waals surface area contributed by atoms with E-state index in [1.54, 1.807) is 4.90 Å². The fourth-order valence-corrected chi connectivity index (χ4v) is 1.19. The van der Waals surface area contributed by atoms with E-state index in [9.17, 15) is 4.79 Å². The highest BCUT2D eigenvalue weighted by atomic mass is 16.4. The first-order valence-electron chi connectivity index (χ1n) is 4.62. The van der Waals surface area contributed by atoms with Gasteiger partial charge < -0.3 is 10.0 Å². The number of aromatic nitrogens is 1. The first-order valence-corrected chi connectivity index (χ1v) is 4.62. The van der Waals surface area contributed by atoms with Gasteiger partial charge in [-0.1, -0.05) is 6.07 Å². The van der Waals surface area contributed by atoms with E-state index in [1.165, 1.54) is 6.20 Å². The molecule has 1 aromatic rings. The van der Waals surface area contributed by atoms with Crippen molar-refractivity contribution in [1.29, 1.82) is 0 Å². The molecule has 1 aromatic heterocycles. The maximum Gasteiger partial charge on any atom is 0.329 e. The molecule has 0 saturated heterocycles. The van der Waals surface area contributed by atoms with Gasteiger partial charge in [0.1, 0.15) is 0 Å². The number of nitrogens with zero attached hydrogens (tertiary/aromatic N) is 2. The molecule has 0 aromatic carbocycles. The molecule has 0 aliphatic carbocycles. The van der Waals surface area contributed by atoms with Crippen molar-refractivity contribution in [2.24, 2.45) is 0 Å². The Balaban J connectivity index is 2.58. The van der Waals surface area contributed by atoms with Crippen LogP contribution in [0.25, 0.3) is 0 Å². The van der Waals surface area contributed by atoms with Crippen LogP contribution in [-0.2, 0) is 11.3 Å². The van der Waals surface area contributed by atoms with E-state index in [-0.39, 0.29) is 0 Å². The van der Waals surface area contributed by atoms with Crippen molar-refractivity contribution < 1.29 is 9.90 Å². The molecular weight excluding hydrogens is 192 g/mol. The lowest BCUT2D eigenvalue weighted by atomic mass is 10.3. The van der Waals surface area contributed by atoms with Gasteiger partial charge in [-0.3, -0.25) is 4.98 Å². The van der Waals surface area contributed by atoms with E-state index in [0.717, 1.165) is 17.5 Å².